The van der Waals surface area contributed by atoms with Gasteiger partial charge in [0.2, 0.25) is 0 Å². The molecule has 0 saturated heterocycles. The summed E-state index contributed by atoms with van der Waals surface area (Å²) >= 11 is 0. The van der Waals surface area contributed by atoms with Gasteiger partial charge in [-0.2, -0.15) is 10.2 Å². The summed E-state index contributed by atoms with van der Waals surface area (Å²) in [5.41, 5.74) is 4.73. The van der Waals surface area contributed by atoms with E-state index in [1.807, 2.05) is 18.3 Å². The van der Waals surface area contributed by atoms with Crippen LogP contribution in [0.15, 0.2) is 30.7 Å². The first-order chi connectivity index (χ1) is 7.86. The van der Waals surface area contributed by atoms with Crippen molar-refractivity contribution in [2.75, 3.05) is 0 Å². The Kier molecular flexibility index (Phi) is 4.72. The van der Waals surface area contributed by atoms with E-state index in [9.17, 15) is 0 Å². The van der Waals surface area contributed by atoms with Gasteiger partial charge in [0, 0.05) is 18.0 Å². The molecule has 3 N–H and O–H groups in total. The lowest BCUT2D eigenvalue weighted by atomic mass is 9.99. The fraction of sp³-hybridized carbons (Fsp3) is 0.308. The van der Waals surface area contributed by atoms with Crippen molar-refractivity contribution in [1.29, 1.82) is 0 Å². The standard InChI is InChI=1S/C13H15N3.H3N/c1-3-11-12(9-15-16-13(11)4-2)10-5-7-14-8-6-10;/h5-9H,3-4H2,1-2H3;1H3. The van der Waals surface area contributed by atoms with Crippen molar-refractivity contribution in [2.45, 2.75) is 26.7 Å². The van der Waals surface area contributed by atoms with Gasteiger partial charge in [-0.3, -0.25) is 4.98 Å². The molecule has 0 unspecified atom stereocenters. The van der Waals surface area contributed by atoms with E-state index in [1.54, 1.807) is 12.4 Å². The van der Waals surface area contributed by atoms with Crippen molar-refractivity contribution < 1.29 is 0 Å². The molecule has 0 amide bonds. The highest BCUT2D eigenvalue weighted by Gasteiger charge is 2.09. The van der Waals surface area contributed by atoms with Gasteiger partial charge in [0.1, 0.15) is 0 Å². The molecule has 0 aliphatic rings. The third-order valence-electron chi connectivity index (χ3n) is 2.72. The number of aryl methyl sites for hydroxylation is 1. The van der Waals surface area contributed by atoms with E-state index >= 15 is 0 Å². The summed E-state index contributed by atoms with van der Waals surface area (Å²) < 4.78 is 0. The molecule has 2 aromatic rings. The number of pyridine rings is 1. The molecule has 2 rings (SSSR count). The van der Waals surface area contributed by atoms with Crippen LogP contribution in [0.1, 0.15) is 25.1 Å². The van der Waals surface area contributed by atoms with Crippen LogP contribution in [-0.2, 0) is 12.8 Å². The van der Waals surface area contributed by atoms with Crippen LogP contribution in [0.2, 0.25) is 0 Å². The van der Waals surface area contributed by atoms with Gasteiger partial charge in [-0.15, -0.1) is 0 Å². The zero-order valence-corrected chi connectivity index (χ0v) is 10.3. The Balaban J connectivity index is 0.00000144. The minimum atomic E-state index is 0. The van der Waals surface area contributed by atoms with Gasteiger partial charge < -0.3 is 6.15 Å². The lowest BCUT2D eigenvalue weighted by Gasteiger charge is -2.10. The average Bonchev–Trinajstić information content (AvgIpc) is 2.38. The molecular weight excluding hydrogens is 212 g/mol. The SMILES string of the molecule is CCc1nncc(-c2ccncc2)c1CC.N. The summed E-state index contributed by atoms with van der Waals surface area (Å²) in [6, 6.07) is 4.02. The smallest absolute Gasteiger partial charge is 0.0666 e. The van der Waals surface area contributed by atoms with Crippen LogP contribution >= 0.6 is 0 Å². The Morgan fingerprint density at radius 3 is 2.35 bits per heavy atom. The van der Waals surface area contributed by atoms with Gasteiger partial charge in [-0.05, 0) is 36.1 Å². The molecule has 4 heteroatoms. The van der Waals surface area contributed by atoms with E-state index < -0.39 is 0 Å². The molecule has 0 aromatic carbocycles. The van der Waals surface area contributed by atoms with Crippen molar-refractivity contribution in [3.8, 4) is 11.1 Å². The number of nitrogens with zero attached hydrogens (tertiary/aromatic N) is 3. The molecule has 0 bridgehead atoms. The summed E-state index contributed by atoms with van der Waals surface area (Å²) in [5, 5.41) is 8.26. The number of hydrogen-bond donors (Lipinski definition) is 1. The van der Waals surface area contributed by atoms with Crippen molar-refractivity contribution >= 4 is 0 Å². The van der Waals surface area contributed by atoms with Crippen molar-refractivity contribution in [1.82, 2.24) is 21.3 Å². The van der Waals surface area contributed by atoms with E-state index in [0.29, 0.717) is 0 Å². The van der Waals surface area contributed by atoms with Gasteiger partial charge in [0.05, 0.1) is 11.9 Å². The van der Waals surface area contributed by atoms with Crippen molar-refractivity contribution in [2.24, 2.45) is 0 Å². The molecule has 90 valence electrons. The van der Waals surface area contributed by atoms with Gasteiger partial charge >= 0.3 is 0 Å². The zero-order valence-electron chi connectivity index (χ0n) is 10.3. The van der Waals surface area contributed by atoms with Gasteiger partial charge in [0.15, 0.2) is 0 Å². The summed E-state index contributed by atoms with van der Waals surface area (Å²) in [6.07, 6.45) is 7.36. The molecule has 0 spiro atoms. The van der Waals surface area contributed by atoms with E-state index in [1.165, 1.54) is 11.1 Å². The topological polar surface area (TPSA) is 73.7 Å². The maximum atomic E-state index is 4.19. The average molecular weight is 230 g/mol. The van der Waals surface area contributed by atoms with Crippen LogP contribution in [0.4, 0.5) is 0 Å². The first-order valence-electron chi connectivity index (χ1n) is 5.60. The van der Waals surface area contributed by atoms with Crippen LogP contribution in [0.3, 0.4) is 0 Å². The van der Waals surface area contributed by atoms with Crippen LogP contribution in [0.5, 0.6) is 0 Å². The van der Waals surface area contributed by atoms with Gasteiger partial charge in [0.25, 0.3) is 0 Å². The number of rotatable bonds is 3. The number of aromatic nitrogens is 3. The molecule has 2 heterocycles. The Hall–Kier alpha value is -1.81. The van der Waals surface area contributed by atoms with E-state index in [-0.39, 0.29) is 6.15 Å². The third-order valence-corrected chi connectivity index (χ3v) is 2.72. The predicted octanol–water partition coefficient (Wildman–Crippen LogP) is 2.83. The largest absolute Gasteiger partial charge is 0.344 e. The fourth-order valence-corrected chi connectivity index (χ4v) is 1.91. The fourth-order valence-electron chi connectivity index (χ4n) is 1.91. The third kappa shape index (κ3) is 2.65. The quantitative estimate of drug-likeness (QED) is 0.879. The molecule has 0 aliphatic carbocycles. The lowest BCUT2D eigenvalue weighted by molar-refractivity contribution is 0.881. The van der Waals surface area contributed by atoms with Crippen LogP contribution < -0.4 is 6.15 Å². The minimum Gasteiger partial charge on any atom is -0.344 e. The molecule has 2 aromatic heterocycles. The zero-order chi connectivity index (χ0) is 11.4. The molecule has 4 nitrogen and oxygen atoms in total. The summed E-state index contributed by atoms with van der Waals surface area (Å²) in [4.78, 5) is 4.03. The molecule has 0 radical (unpaired) electrons. The predicted molar refractivity (Wildman–Crippen MR) is 69.0 cm³/mol. The lowest BCUT2D eigenvalue weighted by Crippen LogP contribution is -2.00. The highest BCUT2D eigenvalue weighted by atomic mass is 15.1. The Morgan fingerprint density at radius 2 is 1.76 bits per heavy atom. The first-order valence-corrected chi connectivity index (χ1v) is 5.60. The van der Waals surface area contributed by atoms with Crippen LogP contribution in [-0.4, -0.2) is 15.2 Å². The molecule has 0 fully saturated rings. The van der Waals surface area contributed by atoms with Crippen molar-refractivity contribution in [3.05, 3.63) is 42.0 Å². The molecule has 17 heavy (non-hydrogen) atoms. The highest BCUT2D eigenvalue weighted by molar-refractivity contribution is 5.66. The maximum Gasteiger partial charge on any atom is 0.0666 e. The van der Waals surface area contributed by atoms with E-state index in [4.69, 9.17) is 0 Å². The van der Waals surface area contributed by atoms with Crippen LogP contribution in [0, 0.1) is 0 Å². The van der Waals surface area contributed by atoms with Gasteiger partial charge in [-0.1, -0.05) is 13.8 Å². The molecule has 0 atom stereocenters. The van der Waals surface area contributed by atoms with Crippen molar-refractivity contribution in [3.63, 3.8) is 0 Å². The normalized spacial score (nSPS) is 9.76. The molecule has 0 aliphatic heterocycles. The minimum absolute atomic E-state index is 0. The summed E-state index contributed by atoms with van der Waals surface area (Å²) in [6.45, 7) is 4.26. The Bertz CT molecular complexity index is 468. The second kappa shape index (κ2) is 6.06. The van der Waals surface area contributed by atoms with E-state index in [2.05, 4.69) is 29.0 Å². The maximum absolute atomic E-state index is 4.19. The Morgan fingerprint density at radius 1 is 1.06 bits per heavy atom. The van der Waals surface area contributed by atoms with Gasteiger partial charge in [-0.25, -0.2) is 0 Å². The summed E-state index contributed by atoms with van der Waals surface area (Å²) in [5.74, 6) is 0. The van der Waals surface area contributed by atoms with E-state index in [0.717, 1.165) is 24.1 Å². The number of hydrogen-bond acceptors (Lipinski definition) is 4. The second-order valence-corrected chi connectivity index (χ2v) is 3.63. The summed E-state index contributed by atoms with van der Waals surface area (Å²) in [7, 11) is 0. The molecular formula is C13H18N4. The first kappa shape index (κ1) is 13.3. The monoisotopic (exact) mass is 230 g/mol. The Labute approximate surface area is 102 Å². The van der Waals surface area contributed by atoms with Crippen LogP contribution in [0.25, 0.3) is 11.1 Å². The highest BCUT2D eigenvalue weighted by Crippen LogP contribution is 2.24. The second-order valence-electron chi connectivity index (χ2n) is 3.63. The molecule has 0 saturated carbocycles.